The fraction of sp³-hybridized carbons (Fsp3) is 0.571. The molecule has 1 heterocycles. The van der Waals surface area contributed by atoms with Crippen LogP contribution in [-0.2, 0) is 4.74 Å². The van der Waals surface area contributed by atoms with Crippen LogP contribution >= 0.6 is 0 Å². The predicted molar refractivity (Wildman–Crippen MR) is 69.9 cm³/mol. The minimum absolute atomic E-state index is 0.131. The molecule has 4 nitrogen and oxygen atoms in total. The number of rotatable bonds is 6. The lowest BCUT2D eigenvalue weighted by Crippen LogP contribution is -2.31. The highest BCUT2D eigenvalue weighted by atomic mass is 19.4. The lowest BCUT2D eigenvalue weighted by molar-refractivity contribution is -0.274. The standard InChI is InChI=1S/C14H18F3NO3/c15-14(16,17)21-11-5-3-10(4-6-11)13(9-19)18-8-12-2-1-7-20-12/h3-6,12-13,18-19H,1-2,7-9H2. The maximum Gasteiger partial charge on any atom is 0.573 e. The van der Waals surface area contributed by atoms with Crippen molar-refractivity contribution in [2.75, 3.05) is 19.8 Å². The van der Waals surface area contributed by atoms with E-state index in [1.54, 1.807) is 0 Å². The van der Waals surface area contributed by atoms with E-state index in [-0.39, 0.29) is 24.5 Å². The van der Waals surface area contributed by atoms with Gasteiger partial charge in [0.25, 0.3) is 0 Å². The zero-order valence-corrected chi connectivity index (χ0v) is 11.4. The second-order valence-electron chi connectivity index (χ2n) is 4.90. The summed E-state index contributed by atoms with van der Waals surface area (Å²) >= 11 is 0. The molecule has 0 bridgehead atoms. The first-order chi connectivity index (χ1) is 9.98. The molecule has 0 aromatic heterocycles. The lowest BCUT2D eigenvalue weighted by atomic mass is 10.1. The first kappa shape index (κ1) is 16.1. The predicted octanol–water partition coefficient (Wildman–Crippen LogP) is 2.39. The van der Waals surface area contributed by atoms with Gasteiger partial charge in [-0.3, -0.25) is 0 Å². The molecule has 2 atom stereocenters. The molecule has 1 aromatic carbocycles. The van der Waals surface area contributed by atoms with Crippen LogP contribution in [0.2, 0.25) is 0 Å². The Bertz CT molecular complexity index is 430. The molecule has 1 aromatic rings. The van der Waals surface area contributed by atoms with Crippen molar-refractivity contribution in [3.05, 3.63) is 29.8 Å². The van der Waals surface area contributed by atoms with Crippen LogP contribution < -0.4 is 10.1 Å². The summed E-state index contributed by atoms with van der Waals surface area (Å²) in [5.74, 6) is -0.276. The van der Waals surface area contributed by atoms with Crippen molar-refractivity contribution in [3.8, 4) is 5.75 Å². The summed E-state index contributed by atoms with van der Waals surface area (Å²) in [6.07, 6.45) is -2.56. The highest BCUT2D eigenvalue weighted by Crippen LogP contribution is 2.24. The van der Waals surface area contributed by atoms with Gasteiger partial charge in [0.2, 0.25) is 0 Å². The van der Waals surface area contributed by atoms with Crippen LogP contribution in [0.4, 0.5) is 13.2 Å². The van der Waals surface area contributed by atoms with Gasteiger partial charge in [-0.2, -0.15) is 0 Å². The molecular weight excluding hydrogens is 287 g/mol. The summed E-state index contributed by atoms with van der Waals surface area (Å²) in [4.78, 5) is 0. The Balaban J connectivity index is 1.91. The molecule has 1 fully saturated rings. The van der Waals surface area contributed by atoms with Crippen LogP contribution in [0, 0.1) is 0 Å². The first-order valence-electron chi connectivity index (χ1n) is 6.79. The number of aliphatic hydroxyl groups excluding tert-OH is 1. The maximum atomic E-state index is 12.1. The summed E-state index contributed by atoms with van der Waals surface area (Å²) in [6.45, 7) is 1.21. The zero-order valence-electron chi connectivity index (χ0n) is 11.4. The minimum atomic E-state index is -4.70. The van der Waals surface area contributed by atoms with Crippen LogP contribution in [0.15, 0.2) is 24.3 Å². The summed E-state index contributed by atoms with van der Waals surface area (Å²) in [5.41, 5.74) is 0.699. The number of aliphatic hydroxyl groups is 1. The molecule has 2 rings (SSSR count). The van der Waals surface area contributed by atoms with Gasteiger partial charge in [0, 0.05) is 13.2 Å². The van der Waals surface area contributed by atoms with Crippen LogP contribution in [0.5, 0.6) is 5.75 Å². The second kappa shape index (κ2) is 7.11. The zero-order chi connectivity index (χ0) is 15.3. The van der Waals surface area contributed by atoms with Crippen LogP contribution in [0.25, 0.3) is 0 Å². The molecule has 0 saturated carbocycles. The van der Waals surface area contributed by atoms with Crippen molar-refractivity contribution >= 4 is 0 Å². The number of ether oxygens (including phenoxy) is 2. The van der Waals surface area contributed by atoms with E-state index >= 15 is 0 Å². The quantitative estimate of drug-likeness (QED) is 0.847. The molecule has 2 unspecified atom stereocenters. The molecule has 1 aliphatic rings. The molecule has 0 spiro atoms. The molecule has 0 radical (unpaired) electrons. The number of halogens is 3. The Labute approximate surface area is 120 Å². The van der Waals surface area contributed by atoms with Crippen molar-refractivity contribution in [2.45, 2.75) is 31.3 Å². The third kappa shape index (κ3) is 5.18. The highest BCUT2D eigenvalue weighted by Gasteiger charge is 2.31. The van der Waals surface area contributed by atoms with E-state index < -0.39 is 6.36 Å². The summed E-state index contributed by atoms with van der Waals surface area (Å²) in [6, 6.07) is 5.14. The second-order valence-corrected chi connectivity index (χ2v) is 4.90. The van der Waals surface area contributed by atoms with Gasteiger partial charge in [-0.05, 0) is 30.5 Å². The van der Waals surface area contributed by atoms with Gasteiger partial charge in [0.05, 0.1) is 18.8 Å². The minimum Gasteiger partial charge on any atom is -0.406 e. The van der Waals surface area contributed by atoms with Gasteiger partial charge in [-0.25, -0.2) is 0 Å². The summed E-state index contributed by atoms with van der Waals surface area (Å²) in [5, 5.41) is 12.6. The largest absolute Gasteiger partial charge is 0.573 e. The maximum absolute atomic E-state index is 12.1. The van der Waals surface area contributed by atoms with Gasteiger partial charge in [-0.15, -0.1) is 13.2 Å². The topological polar surface area (TPSA) is 50.7 Å². The van der Waals surface area contributed by atoms with E-state index in [4.69, 9.17) is 4.74 Å². The van der Waals surface area contributed by atoms with E-state index in [0.717, 1.165) is 19.4 Å². The van der Waals surface area contributed by atoms with Gasteiger partial charge in [0.15, 0.2) is 0 Å². The van der Waals surface area contributed by atoms with Crippen molar-refractivity contribution < 1.29 is 27.8 Å². The van der Waals surface area contributed by atoms with Crippen LogP contribution in [-0.4, -0.2) is 37.3 Å². The number of hydrogen-bond acceptors (Lipinski definition) is 4. The Morgan fingerprint density at radius 3 is 2.57 bits per heavy atom. The molecule has 1 saturated heterocycles. The van der Waals surface area contributed by atoms with Crippen molar-refractivity contribution in [2.24, 2.45) is 0 Å². The molecule has 118 valence electrons. The van der Waals surface area contributed by atoms with Crippen molar-refractivity contribution in [1.29, 1.82) is 0 Å². The average Bonchev–Trinajstić information content (AvgIpc) is 2.92. The van der Waals surface area contributed by atoms with Gasteiger partial charge in [0.1, 0.15) is 5.75 Å². The fourth-order valence-corrected chi connectivity index (χ4v) is 2.27. The van der Waals surface area contributed by atoms with E-state index in [9.17, 15) is 18.3 Å². The third-order valence-corrected chi connectivity index (χ3v) is 3.31. The van der Waals surface area contributed by atoms with Gasteiger partial charge >= 0.3 is 6.36 Å². The molecule has 0 amide bonds. The van der Waals surface area contributed by atoms with Crippen LogP contribution in [0.3, 0.4) is 0 Å². The summed E-state index contributed by atoms with van der Waals surface area (Å²) in [7, 11) is 0. The molecule has 7 heteroatoms. The molecule has 0 aliphatic carbocycles. The monoisotopic (exact) mass is 305 g/mol. The number of hydrogen-bond donors (Lipinski definition) is 2. The van der Waals surface area contributed by atoms with Crippen molar-refractivity contribution in [3.63, 3.8) is 0 Å². The van der Waals surface area contributed by atoms with Crippen LogP contribution in [0.1, 0.15) is 24.4 Å². The number of alkyl halides is 3. The van der Waals surface area contributed by atoms with Gasteiger partial charge in [-0.1, -0.05) is 12.1 Å². The lowest BCUT2D eigenvalue weighted by Gasteiger charge is -2.19. The molecule has 1 aliphatic heterocycles. The Kier molecular flexibility index (Phi) is 5.44. The van der Waals surface area contributed by atoms with E-state index in [2.05, 4.69) is 10.1 Å². The normalized spacial score (nSPS) is 20.5. The fourth-order valence-electron chi connectivity index (χ4n) is 2.27. The van der Waals surface area contributed by atoms with E-state index in [0.29, 0.717) is 12.1 Å². The van der Waals surface area contributed by atoms with Crippen molar-refractivity contribution in [1.82, 2.24) is 5.32 Å². The number of benzene rings is 1. The summed E-state index contributed by atoms with van der Waals surface area (Å²) < 4.78 is 45.5. The number of nitrogens with one attached hydrogen (secondary N) is 1. The highest BCUT2D eigenvalue weighted by molar-refractivity contribution is 5.29. The third-order valence-electron chi connectivity index (χ3n) is 3.31. The Hall–Kier alpha value is -1.31. The smallest absolute Gasteiger partial charge is 0.406 e. The molecular formula is C14H18F3NO3. The Morgan fingerprint density at radius 2 is 2.05 bits per heavy atom. The average molecular weight is 305 g/mol. The van der Waals surface area contributed by atoms with Gasteiger partial charge < -0.3 is 19.9 Å². The first-order valence-corrected chi connectivity index (χ1v) is 6.79. The molecule has 21 heavy (non-hydrogen) atoms. The SMILES string of the molecule is OCC(NCC1CCCO1)c1ccc(OC(F)(F)F)cc1. The molecule has 2 N–H and O–H groups in total. The van der Waals surface area contributed by atoms with E-state index in [1.807, 2.05) is 0 Å². The van der Waals surface area contributed by atoms with E-state index in [1.165, 1.54) is 24.3 Å². The Morgan fingerprint density at radius 1 is 1.33 bits per heavy atom.